The van der Waals surface area contributed by atoms with Crippen molar-refractivity contribution in [3.05, 3.63) is 33.4 Å². The molecular weight excluding hydrogens is 248 g/mol. The number of benzene rings is 1. The zero-order chi connectivity index (χ0) is 14.9. The van der Waals surface area contributed by atoms with Crippen LogP contribution in [0.25, 0.3) is 0 Å². The van der Waals surface area contributed by atoms with Crippen LogP contribution in [0.15, 0.2) is 0 Å². The van der Waals surface area contributed by atoms with E-state index in [1.165, 1.54) is 33.4 Å². The van der Waals surface area contributed by atoms with Gasteiger partial charge < -0.3 is 10.4 Å². The molecule has 0 bridgehead atoms. The number of hydrogen-bond acceptors (Lipinski definition) is 3. The molecule has 0 saturated carbocycles. The molecule has 1 aliphatic rings. The normalized spacial score (nSPS) is 18.3. The molecule has 0 aliphatic carbocycles. The van der Waals surface area contributed by atoms with E-state index < -0.39 is 0 Å². The van der Waals surface area contributed by atoms with Crippen molar-refractivity contribution in [2.24, 2.45) is 0 Å². The lowest BCUT2D eigenvalue weighted by atomic mass is 9.86. The Bertz CT molecular complexity index is 461. The van der Waals surface area contributed by atoms with E-state index >= 15 is 0 Å². The van der Waals surface area contributed by atoms with Crippen LogP contribution in [0.5, 0.6) is 0 Å². The van der Waals surface area contributed by atoms with E-state index in [1.807, 2.05) is 0 Å². The number of nitrogens with zero attached hydrogens (tertiary/aromatic N) is 1. The van der Waals surface area contributed by atoms with Crippen LogP contribution in [-0.2, 0) is 0 Å². The molecule has 3 heteroatoms. The molecule has 1 fully saturated rings. The van der Waals surface area contributed by atoms with E-state index in [0.717, 1.165) is 26.2 Å². The zero-order valence-electron chi connectivity index (χ0n) is 13.5. The summed E-state index contributed by atoms with van der Waals surface area (Å²) in [5, 5.41) is 13.4. The summed E-state index contributed by atoms with van der Waals surface area (Å²) in [5.74, 6) is 0. The third-order valence-electron chi connectivity index (χ3n) is 5.16. The molecule has 0 spiro atoms. The molecule has 0 aromatic heterocycles. The van der Waals surface area contributed by atoms with Gasteiger partial charge in [-0.2, -0.15) is 0 Å². The number of nitrogens with one attached hydrogen (secondary N) is 1. The van der Waals surface area contributed by atoms with Gasteiger partial charge in [0, 0.05) is 26.2 Å². The maximum Gasteiger partial charge on any atom is 0.0628 e. The van der Waals surface area contributed by atoms with Gasteiger partial charge in [-0.15, -0.1) is 0 Å². The predicted molar refractivity (Wildman–Crippen MR) is 84.4 cm³/mol. The number of aliphatic hydroxyl groups excluding tert-OH is 1. The molecule has 0 radical (unpaired) electrons. The molecule has 2 N–H and O–H groups in total. The van der Waals surface area contributed by atoms with Gasteiger partial charge in [0.05, 0.1) is 12.6 Å². The fourth-order valence-electron chi connectivity index (χ4n) is 3.41. The molecule has 1 aromatic carbocycles. The fourth-order valence-corrected chi connectivity index (χ4v) is 3.41. The molecule has 0 unspecified atom stereocenters. The van der Waals surface area contributed by atoms with Crippen molar-refractivity contribution >= 4 is 0 Å². The second kappa shape index (κ2) is 6.25. The number of hydrogen-bond donors (Lipinski definition) is 2. The van der Waals surface area contributed by atoms with Gasteiger partial charge in [0.2, 0.25) is 0 Å². The lowest BCUT2D eigenvalue weighted by molar-refractivity contribution is 0.110. The summed E-state index contributed by atoms with van der Waals surface area (Å²) >= 11 is 0. The van der Waals surface area contributed by atoms with Crippen molar-refractivity contribution in [2.75, 3.05) is 32.8 Å². The first kappa shape index (κ1) is 15.5. The highest BCUT2D eigenvalue weighted by atomic mass is 16.3. The van der Waals surface area contributed by atoms with Crippen molar-refractivity contribution in [3.8, 4) is 0 Å². The fraction of sp³-hybridized carbons (Fsp3) is 0.647. The molecule has 3 nitrogen and oxygen atoms in total. The third kappa shape index (κ3) is 2.62. The Labute approximate surface area is 123 Å². The monoisotopic (exact) mass is 276 g/mol. The standard InChI is InChI=1S/C17H28N2O/c1-11-12(2)14(4)17(15(5)13(11)3)16(10-20)19-8-6-18-7-9-19/h16,18,20H,6-10H2,1-5H3/t16-/m0/s1. The van der Waals surface area contributed by atoms with E-state index in [9.17, 15) is 5.11 Å². The molecule has 112 valence electrons. The first-order valence-corrected chi connectivity index (χ1v) is 7.61. The van der Waals surface area contributed by atoms with Crippen LogP contribution in [0.3, 0.4) is 0 Å². The van der Waals surface area contributed by atoms with Crippen molar-refractivity contribution < 1.29 is 5.11 Å². The number of aliphatic hydroxyl groups is 1. The summed E-state index contributed by atoms with van der Waals surface area (Å²) in [4.78, 5) is 2.42. The van der Waals surface area contributed by atoms with Gasteiger partial charge in [0.1, 0.15) is 0 Å². The van der Waals surface area contributed by atoms with E-state index in [-0.39, 0.29) is 12.6 Å². The highest BCUT2D eigenvalue weighted by Gasteiger charge is 2.26. The number of piperazine rings is 1. The Morgan fingerprint density at radius 2 is 1.35 bits per heavy atom. The molecule has 1 aromatic rings. The van der Waals surface area contributed by atoms with Crippen molar-refractivity contribution in [2.45, 2.75) is 40.7 Å². The Kier molecular flexibility index (Phi) is 4.84. The molecule has 20 heavy (non-hydrogen) atoms. The average Bonchev–Trinajstić information content (AvgIpc) is 2.48. The Hall–Kier alpha value is -0.900. The summed E-state index contributed by atoms with van der Waals surface area (Å²) in [7, 11) is 0. The summed E-state index contributed by atoms with van der Waals surface area (Å²) < 4.78 is 0. The van der Waals surface area contributed by atoms with Crippen LogP contribution < -0.4 is 5.32 Å². The summed E-state index contributed by atoms with van der Waals surface area (Å²) in [6.07, 6.45) is 0. The van der Waals surface area contributed by atoms with Crippen LogP contribution in [0.2, 0.25) is 0 Å². The van der Waals surface area contributed by atoms with Gasteiger partial charge in [-0.25, -0.2) is 0 Å². The Morgan fingerprint density at radius 3 is 1.80 bits per heavy atom. The van der Waals surface area contributed by atoms with E-state index in [4.69, 9.17) is 0 Å². The first-order valence-electron chi connectivity index (χ1n) is 7.61. The summed E-state index contributed by atoms with van der Waals surface area (Å²) in [5.41, 5.74) is 8.18. The molecule has 1 saturated heterocycles. The third-order valence-corrected chi connectivity index (χ3v) is 5.16. The van der Waals surface area contributed by atoms with Gasteiger partial charge in [-0.1, -0.05) is 0 Å². The maximum atomic E-state index is 9.97. The first-order chi connectivity index (χ1) is 9.49. The van der Waals surface area contributed by atoms with E-state index in [1.54, 1.807) is 0 Å². The van der Waals surface area contributed by atoms with Crippen LogP contribution in [0, 0.1) is 34.6 Å². The lowest BCUT2D eigenvalue weighted by Crippen LogP contribution is -2.46. The van der Waals surface area contributed by atoms with Gasteiger partial charge in [0.15, 0.2) is 0 Å². The SMILES string of the molecule is Cc1c(C)c(C)c([C@H](CO)N2CCNCC2)c(C)c1C. The zero-order valence-corrected chi connectivity index (χ0v) is 13.5. The molecular formula is C17H28N2O. The van der Waals surface area contributed by atoms with Crippen molar-refractivity contribution in [1.82, 2.24) is 10.2 Å². The minimum Gasteiger partial charge on any atom is -0.394 e. The van der Waals surface area contributed by atoms with Crippen LogP contribution in [-0.4, -0.2) is 42.8 Å². The van der Waals surface area contributed by atoms with Gasteiger partial charge in [-0.05, 0) is 68.0 Å². The molecule has 0 amide bonds. The topological polar surface area (TPSA) is 35.5 Å². The highest BCUT2D eigenvalue weighted by Crippen LogP contribution is 2.33. The maximum absolute atomic E-state index is 9.97. The lowest BCUT2D eigenvalue weighted by Gasteiger charge is -2.36. The summed E-state index contributed by atoms with van der Waals surface area (Å²) in [6, 6.07) is 0.134. The van der Waals surface area contributed by atoms with Crippen LogP contribution >= 0.6 is 0 Å². The van der Waals surface area contributed by atoms with E-state index in [0.29, 0.717) is 0 Å². The molecule has 2 rings (SSSR count). The second-order valence-corrected chi connectivity index (χ2v) is 6.02. The van der Waals surface area contributed by atoms with Gasteiger partial charge in [0.25, 0.3) is 0 Å². The quantitative estimate of drug-likeness (QED) is 0.888. The Balaban J connectivity index is 2.48. The average molecular weight is 276 g/mol. The Morgan fingerprint density at radius 1 is 0.900 bits per heavy atom. The number of rotatable bonds is 3. The smallest absolute Gasteiger partial charge is 0.0628 e. The minimum atomic E-state index is 0.134. The molecule has 1 atom stereocenters. The van der Waals surface area contributed by atoms with Gasteiger partial charge in [-0.3, -0.25) is 4.90 Å². The van der Waals surface area contributed by atoms with E-state index in [2.05, 4.69) is 44.8 Å². The second-order valence-electron chi connectivity index (χ2n) is 6.02. The highest BCUT2D eigenvalue weighted by molar-refractivity contribution is 5.50. The largest absolute Gasteiger partial charge is 0.394 e. The van der Waals surface area contributed by atoms with Crippen LogP contribution in [0.1, 0.15) is 39.4 Å². The van der Waals surface area contributed by atoms with Crippen molar-refractivity contribution in [1.29, 1.82) is 0 Å². The van der Waals surface area contributed by atoms with Crippen molar-refractivity contribution in [3.63, 3.8) is 0 Å². The van der Waals surface area contributed by atoms with Gasteiger partial charge >= 0.3 is 0 Å². The summed E-state index contributed by atoms with van der Waals surface area (Å²) in [6.45, 7) is 15.3. The predicted octanol–water partition coefficient (Wildman–Crippen LogP) is 2.17. The minimum absolute atomic E-state index is 0.134. The van der Waals surface area contributed by atoms with Crippen LogP contribution in [0.4, 0.5) is 0 Å². The molecule has 1 heterocycles. The molecule has 1 aliphatic heterocycles.